The third-order valence-corrected chi connectivity index (χ3v) is 7.18. The predicted octanol–water partition coefficient (Wildman–Crippen LogP) is 1.83. The van der Waals surface area contributed by atoms with Crippen molar-refractivity contribution in [3.8, 4) is 0 Å². The smallest absolute Gasteiger partial charge is 0.317 e. The van der Waals surface area contributed by atoms with E-state index in [9.17, 15) is 13.2 Å². The van der Waals surface area contributed by atoms with Gasteiger partial charge in [-0.15, -0.1) is 0 Å². The third-order valence-electron chi connectivity index (χ3n) is 5.41. The highest BCUT2D eigenvalue weighted by molar-refractivity contribution is 7.91. The zero-order chi connectivity index (χ0) is 18.7. The topological polar surface area (TPSA) is 69.7 Å². The van der Waals surface area contributed by atoms with Gasteiger partial charge in [-0.3, -0.25) is 0 Å². The summed E-state index contributed by atoms with van der Waals surface area (Å²) in [5.74, 6) is 0.252. The highest BCUT2D eigenvalue weighted by Gasteiger charge is 2.31. The van der Waals surface area contributed by atoms with Crippen LogP contribution in [0, 0.1) is 0 Å². The number of piperazine rings is 1. The lowest BCUT2D eigenvalue weighted by atomic mass is 10.0. The monoisotopic (exact) mass is 379 g/mol. The van der Waals surface area contributed by atoms with Gasteiger partial charge in [0.1, 0.15) is 0 Å². The van der Waals surface area contributed by atoms with Gasteiger partial charge in [-0.2, -0.15) is 0 Å². The number of anilines is 1. The molecule has 144 valence electrons. The second kappa shape index (κ2) is 7.86. The van der Waals surface area contributed by atoms with Crippen molar-refractivity contribution in [2.24, 2.45) is 0 Å². The molecule has 1 aromatic rings. The number of hydrogen-bond acceptors (Lipinski definition) is 4. The Labute approximate surface area is 156 Å². The molecular weight excluding hydrogens is 350 g/mol. The molecule has 7 heteroatoms. The maximum atomic E-state index is 12.5. The number of carbonyl (C=O) groups is 1. The van der Waals surface area contributed by atoms with Gasteiger partial charge in [-0.05, 0) is 30.4 Å². The van der Waals surface area contributed by atoms with Gasteiger partial charge in [0, 0.05) is 37.9 Å². The summed E-state index contributed by atoms with van der Waals surface area (Å²) in [6, 6.07) is 6.13. The van der Waals surface area contributed by atoms with E-state index in [2.05, 4.69) is 42.3 Å². The standard InChI is InChI=1S/C19H29N3O3S/c1-3-15-6-5-7-16(4-2)18(15)21-9-11-22(12-10-21)19(23)20-17-8-13-26(24,25)14-17/h5-7,17H,3-4,8-14H2,1-2H3,(H,20,23). The average Bonchev–Trinajstić information content (AvgIpc) is 2.99. The fourth-order valence-electron chi connectivity index (χ4n) is 3.93. The molecule has 2 heterocycles. The summed E-state index contributed by atoms with van der Waals surface area (Å²) in [5, 5.41) is 2.89. The summed E-state index contributed by atoms with van der Waals surface area (Å²) in [6.07, 6.45) is 2.53. The normalized spacial score (nSPS) is 22.5. The summed E-state index contributed by atoms with van der Waals surface area (Å²) in [6.45, 7) is 7.29. The van der Waals surface area contributed by atoms with Crippen LogP contribution in [-0.4, -0.2) is 63.1 Å². The van der Waals surface area contributed by atoms with Crippen LogP contribution in [0.15, 0.2) is 18.2 Å². The molecule has 0 aliphatic carbocycles. The van der Waals surface area contributed by atoms with Crippen LogP contribution in [0.5, 0.6) is 0 Å². The maximum absolute atomic E-state index is 12.5. The quantitative estimate of drug-likeness (QED) is 0.867. The van der Waals surface area contributed by atoms with Gasteiger partial charge >= 0.3 is 6.03 Å². The minimum Gasteiger partial charge on any atom is -0.368 e. The maximum Gasteiger partial charge on any atom is 0.317 e. The van der Waals surface area contributed by atoms with E-state index in [1.54, 1.807) is 0 Å². The van der Waals surface area contributed by atoms with Crippen molar-refractivity contribution >= 4 is 21.6 Å². The Balaban J connectivity index is 1.60. The van der Waals surface area contributed by atoms with E-state index in [0.29, 0.717) is 19.5 Å². The Morgan fingerprint density at radius 1 is 1.12 bits per heavy atom. The molecular formula is C19H29N3O3S. The van der Waals surface area contributed by atoms with Crippen LogP contribution >= 0.6 is 0 Å². The van der Waals surface area contributed by atoms with Crippen molar-refractivity contribution < 1.29 is 13.2 Å². The number of hydrogen-bond donors (Lipinski definition) is 1. The number of amides is 2. The van der Waals surface area contributed by atoms with E-state index in [0.717, 1.165) is 25.9 Å². The number of benzene rings is 1. The summed E-state index contributed by atoms with van der Waals surface area (Å²) < 4.78 is 23.1. The van der Waals surface area contributed by atoms with Gasteiger partial charge in [0.2, 0.25) is 0 Å². The SMILES string of the molecule is CCc1cccc(CC)c1N1CCN(C(=O)NC2CCS(=O)(=O)C2)CC1. The molecule has 0 spiro atoms. The molecule has 6 nitrogen and oxygen atoms in total. The summed E-state index contributed by atoms with van der Waals surface area (Å²) >= 11 is 0. The van der Waals surface area contributed by atoms with Crippen molar-refractivity contribution in [1.29, 1.82) is 0 Å². The van der Waals surface area contributed by atoms with Crippen molar-refractivity contribution in [3.63, 3.8) is 0 Å². The molecule has 2 saturated heterocycles. The average molecular weight is 380 g/mol. The van der Waals surface area contributed by atoms with E-state index >= 15 is 0 Å². The van der Waals surface area contributed by atoms with Crippen LogP contribution < -0.4 is 10.2 Å². The molecule has 1 N–H and O–H groups in total. The Morgan fingerprint density at radius 3 is 2.23 bits per heavy atom. The lowest BCUT2D eigenvalue weighted by Crippen LogP contribution is -2.54. The Kier molecular flexibility index (Phi) is 5.75. The fraction of sp³-hybridized carbons (Fsp3) is 0.632. The lowest BCUT2D eigenvalue weighted by molar-refractivity contribution is 0.191. The first-order valence-corrected chi connectivity index (χ1v) is 11.4. The molecule has 0 saturated carbocycles. The number of rotatable bonds is 4. The number of carbonyl (C=O) groups excluding carboxylic acids is 1. The van der Waals surface area contributed by atoms with Crippen LogP contribution in [0.4, 0.5) is 10.5 Å². The predicted molar refractivity (Wildman–Crippen MR) is 105 cm³/mol. The molecule has 26 heavy (non-hydrogen) atoms. The molecule has 1 atom stereocenters. The summed E-state index contributed by atoms with van der Waals surface area (Å²) in [7, 11) is -2.97. The molecule has 0 radical (unpaired) electrons. The number of urea groups is 1. The zero-order valence-electron chi connectivity index (χ0n) is 15.7. The molecule has 2 aliphatic rings. The van der Waals surface area contributed by atoms with Gasteiger partial charge in [0.25, 0.3) is 0 Å². The van der Waals surface area contributed by atoms with E-state index < -0.39 is 9.84 Å². The van der Waals surface area contributed by atoms with Crippen LogP contribution in [0.1, 0.15) is 31.4 Å². The molecule has 2 fully saturated rings. The van der Waals surface area contributed by atoms with Crippen molar-refractivity contribution in [2.75, 3.05) is 42.6 Å². The third kappa shape index (κ3) is 4.14. The van der Waals surface area contributed by atoms with Gasteiger partial charge in [0.05, 0.1) is 11.5 Å². The molecule has 0 aromatic heterocycles. The number of sulfone groups is 1. The van der Waals surface area contributed by atoms with Crippen molar-refractivity contribution in [3.05, 3.63) is 29.3 Å². The van der Waals surface area contributed by atoms with Gasteiger partial charge < -0.3 is 15.1 Å². The van der Waals surface area contributed by atoms with E-state index in [1.165, 1.54) is 16.8 Å². The summed E-state index contributed by atoms with van der Waals surface area (Å²) in [5.41, 5.74) is 4.05. The number of nitrogens with one attached hydrogen (secondary N) is 1. The van der Waals surface area contributed by atoms with Crippen LogP contribution in [0.2, 0.25) is 0 Å². The number of nitrogens with zero attached hydrogens (tertiary/aromatic N) is 2. The van der Waals surface area contributed by atoms with E-state index in [4.69, 9.17) is 0 Å². The first kappa shape index (κ1) is 19.0. The van der Waals surface area contributed by atoms with Gasteiger partial charge in [0.15, 0.2) is 9.84 Å². The summed E-state index contributed by atoms with van der Waals surface area (Å²) in [4.78, 5) is 16.7. The molecule has 0 bridgehead atoms. The second-order valence-electron chi connectivity index (χ2n) is 7.16. The first-order chi connectivity index (χ1) is 12.4. The molecule has 1 unspecified atom stereocenters. The molecule has 2 amide bonds. The fourth-order valence-corrected chi connectivity index (χ4v) is 5.60. The van der Waals surface area contributed by atoms with Crippen molar-refractivity contribution in [1.82, 2.24) is 10.2 Å². The van der Waals surface area contributed by atoms with Crippen molar-refractivity contribution in [2.45, 2.75) is 39.2 Å². The van der Waals surface area contributed by atoms with E-state index in [-0.39, 0.29) is 23.6 Å². The van der Waals surface area contributed by atoms with E-state index in [1.807, 2.05) is 4.90 Å². The highest BCUT2D eigenvalue weighted by atomic mass is 32.2. The highest BCUT2D eigenvalue weighted by Crippen LogP contribution is 2.28. The van der Waals surface area contributed by atoms with Crippen LogP contribution in [0.25, 0.3) is 0 Å². The molecule has 3 rings (SSSR count). The largest absolute Gasteiger partial charge is 0.368 e. The first-order valence-electron chi connectivity index (χ1n) is 9.55. The van der Waals surface area contributed by atoms with Crippen LogP contribution in [0.3, 0.4) is 0 Å². The van der Waals surface area contributed by atoms with Gasteiger partial charge in [-0.1, -0.05) is 32.0 Å². The minimum absolute atomic E-state index is 0.0719. The molecule has 1 aromatic carbocycles. The molecule has 2 aliphatic heterocycles. The number of para-hydroxylation sites is 1. The van der Waals surface area contributed by atoms with Gasteiger partial charge in [-0.25, -0.2) is 13.2 Å². The Morgan fingerprint density at radius 2 is 1.73 bits per heavy atom. The number of aryl methyl sites for hydroxylation is 2. The zero-order valence-corrected chi connectivity index (χ0v) is 16.5. The lowest BCUT2D eigenvalue weighted by Gasteiger charge is -2.38. The minimum atomic E-state index is -2.97. The Hall–Kier alpha value is -1.76. The van der Waals surface area contributed by atoms with Crippen LogP contribution in [-0.2, 0) is 22.7 Å². The Bertz CT molecular complexity index is 733. The second-order valence-corrected chi connectivity index (χ2v) is 9.38.